The van der Waals surface area contributed by atoms with Gasteiger partial charge >= 0.3 is 0 Å². The van der Waals surface area contributed by atoms with Crippen molar-refractivity contribution >= 4 is 0 Å². The molecule has 0 bridgehead atoms. The monoisotopic (exact) mass is 318 g/mol. The van der Waals surface area contributed by atoms with Crippen LogP contribution in [0.4, 0.5) is 4.39 Å². The van der Waals surface area contributed by atoms with E-state index in [1.165, 1.54) is 18.9 Å². The molecule has 1 aromatic carbocycles. The molecule has 6 heteroatoms. The van der Waals surface area contributed by atoms with Gasteiger partial charge in [-0.25, -0.2) is 4.39 Å². The first-order valence-electron chi connectivity index (χ1n) is 8.07. The molecule has 0 spiro atoms. The van der Waals surface area contributed by atoms with Crippen LogP contribution in [0.15, 0.2) is 22.7 Å². The molecule has 0 N–H and O–H groups in total. The number of aromatic nitrogens is 2. The zero-order valence-electron chi connectivity index (χ0n) is 12.8. The van der Waals surface area contributed by atoms with Gasteiger partial charge in [-0.15, -0.1) is 0 Å². The topological polar surface area (TPSA) is 57.4 Å². The number of hydrogen-bond donors (Lipinski definition) is 0. The summed E-state index contributed by atoms with van der Waals surface area (Å²) in [7, 11) is 0. The van der Waals surface area contributed by atoms with Gasteiger partial charge in [-0.05, 0) is 43.4 Å². The lowest BCUT2D eigenvalue weighted by atomic mass is 10.1. The van der Waals surface area contributed by atoms with E-state index in [9.17, 15) is 4.39 Å². The third kappa shape index (κ3) is 3.43. The summed E-state index contributed by atoms with van der Waals surface area (Å²) in [6.07, 6.45) is 3.35. The Morgan fingerprint density at radius 2 is 2.17 bits per heavy atom. The SMILES string of the molecule is Fc1ccc(-c2nc([C@H]3CCOC3)no2)cc1COCC1CC1. The summed E-state index contributed by atoms with van der Waals surface area (Å²) in [5.74, 6) is 1.65. The van der Waals surface area contributed by atoms with Gasteiger partial charge in [0, 0.05) is 30.3 Å². The molecule has 1 aromatic heterocycles. The first kappa shape index (κ1) is 14.8. The van der Waals surface area contributed by atoms with Crippen molar-refractivity contribution in [3.63, 3.8) is 0 Å². The van der Waals surface area contributed by atoms with Gasteiger partial charge in [0.2, 0.25) is 0 Å². The molecule has 5 nitrogen and oxygen atoms in total. The van der Waals surface area contributed by atoms with Gasteiger partial charge in [0.15, 0.2) is 5.82 Å². The van der Waals surface area contributed by atoms with Crippen LogP contribution in [-0.2, 0) is 16.1 Å². The van der Waals surface area contributed by atoms with Crippen molar-refractivity contribution in [1.29, 1.82) is 0 Å². The van der Waals surface area contributed by atoms with Crippen molar-refractivity contribution in [3.05, 3.63) is 35.4 Å². The lowest BCUT2D eigenvalue weighted by Crippen LogP contribution is -2.00. The maximum absolute atomic E-state index is 13.9. The van der Waals surface area contributed by atoms with E-state index in [-0.39, 0.29) is 18.3 Å². The summed E-state index contributed by atoms with van der Waals surface area (Å²) < 4.78 is 30.2. The third-order valence-corrected chi connectivity index (χ3v) is 4.34. The number of benzene rings is 1. The standard InChI is InChI=1S/C17H19FN2O3/c18-15-4-3-12(7-14(15)10-22-8-11-1-2-11)17-19-16(20-23-17)13-5-6-21-9-13/h3-4,7,11,13H,1-2,5-6,8-10H2/t13-/m0/s1. The number of rotatable bonds is 6. The van der Waals surface area contributed by atoms with E-state index in [2.05, 4.69) is 10.1 Å². The molecule has 1 saturated heterocycles. The first-order chi connectivity index (χ1) is 11.3. The second-order valence-electron chi connectivity index (χ2n) is 6.28. The lowest BCUT2D eigenvalue weighted by Gasteiger charge is -2.06. The highest BCUT2D eigenvalue weighted by Gasteiger charge is 2.24. The van der Waals surface area contributed by atoms with E-state index in [0.29, 0.717) is 42.0 Å². The van der Waals surface area contributed by atoms with Crippen molar-refractivity contribution in [1.82, 2.24) is 10.1 Å². The van der Waals surface area contributed by atoms with Gasteiger partial charge in [0.25, 0.3) is 5.89 Å². The molecular weight excluding hydrogens is 299 g/mol. The Bertz CT molecular complexity index is 678. The molecule has 23 heavy (non-hydrogen) atoms. The van der Waals surface area contributed by atoms with Gasteiger partial charge in [-0.1, -0.05) is 5.16 Å². The minimum absolute atomic E-state index is 0.189. The molecule has 0 radical (unpaired) electrons. The predicted molar refractivity (Wildman–Crippen MR) is 80.2 cm³/mol. The molecule has 1 saturated carbocycles. The van der Waals surface area contributed by atoms with Crippen molar-refractivity contribution < 1.29 is 18.4 Å². The van der Waals surface area contributed by atoms with Gasteiger partial charge in [-0.3, -0.25) is 0 Å². The van der Waals surface area contributed by atoms with E-state index in [1.54, 1.807) is 12.1 Å². The molecule has 2 fully saturated rings. The Hall–Kier alpha value is -1.79. The summed E-state index contributed by atoms with van der Waals surface area (Å²) in [6, 6.07) is 4.81. The number of hydrogen-bond acceptors (Lipinski definition) is 5. The van der Waals surface area contributed by atoms with Crippen LogP contribution in [0.25, 0.3) is 11.5 Å². The van der Waals surface area contributed by atoms with Gasteiger partial charge < -0.3 is 14.0 Å². The maximum Gasteiger partial charge on any atom is 0.257 e. The maximum atomic E-state index is 13.9. The minimum atomic E-state index is -0.270. The van der Waals surface area contributed by atoms with Gasteiger partial charge in [0.05, 0.1) is 13.2 Å². The van der Waals surface area contributed by atoms with E-state index in [4.69, 9.17) is 14.0 Å². The molecule has 2 aromatic rings. The smallest absolute Gasteiger partial charge is 0.257 e. The molecule has 0 amide bonds. The van der Waals surface area contributed by atoms with Crippen molar-refractivity contribution in [2.45, 2.75) is 31.8 Å². The molecule has 122 valence electrons. The quantitative estimate of drug-likeness (QED) is 0.818. The number of ether oxygens (including phenoxy) is 2. The highest BCUT2D eigenvalue weighted by Crippen LogP contribution is 2.30. The molecule has 1 atom stereocenters. The molecule has 0 unspecified atom stereocenters. The Balaban J connectivity index is 1.48. The van der Waals surface area contributed by atoms with Crippen molar-refractivity contribution in [3.8, 4) is 11.5 Å². The highest BCUT2D eigenvalue weighted by atomic mass is 19.1. The zero-order chi connectivity index (χ0) is 15.6. The summed E-state index contributed by atoms with van der Waals surface area (Å²) in [5, 5.41) is 4.03. The highest BCUT2D eigenvalue weighted by molar-refractivity contribution is 5.54. The summed E-state index contributed by atoms with van der Waals surface area (Å²) in [4.78, 5) is 4.43. The predicted octanol–water partition coefficient (Wildman–Crippen LogP) is 3.31. The van der Waals surface area contributed by atoms with E-state index >= 15 is 0 Å². The van der Waals surface area contributed by atoms with Crippen LogP contribution in [0.3, 0.4) is 0 Å². The largest absolute Gasteiger partial charge is 0.381 e. The van der Waals surface area contributed by atoms with Crippen LogP contribution < -0.4 is 0 Å². The van der Waals surface area contributed by atoms with E-state index in [0.717, 1.165) is 13.0 Å². The molecule has 4 rings (SSSR count). The van der Waals surface area contributed by atoms with Gasteiger partial charge in [-0.2, -0.15) is 4.98 Å². The third-order valence-electron chi connectivity index (χ3n) is 4.34. The average molecular weight is 318 g/mol. The molecule has 1 aliphatic carbocycles. The van der Waals surface area contributed by atoms with Crippen LogP contribution in [0.5, 0.6) is 0 Å². The number of nitrogens with zero attached hydrogens (tertiary/aromatic N) is 2. The normalized spacial score (nSPS) is 21.0. The van der Waals surface area contributed by atoms with Crippen LogP contribution in [0.1, 0.15) is 36.6 Å². The second-order valence-corrected chi connectivity index (χ2v) is 6.28. The van der Waals surface area contributed by atoms with Crippen molar-refractivity contribution in [2.24, 2.45) is 5.92 Å². The lowest BCUT2D eigenvalue weighted by molar-refractivity contribution is 0.109. The molecule has 1 aliphatic heterocycles. The number of halogens is 1. The fourth-order valence-corrected chi connectivity index (χ4v) is 2.69. The fraction of sp³-hybridized carbons (Fsp3) is 0.529. The first-order valence-corrected chi connectivity index (χ1v) is 8.07. The van der Waals surface area contributed by atoms with E-state index < -0.39 is 0 Å². The molecular formula is C17H19FN2O3. The zero-order valence-corrected chi connectivity index (χ0v) is 12.8. The molecule has 2 aliphatic rings. The Labute approximate surface area is 133 Å². The second kappa shape index (κ2) is 6.37. The summed E-state index contributed by atoms with van der Waals surface area (Å²) in [5.41, 5.74) is 1.24. The van der Waals surface area contributed by atoms with E-state index in [1.807, 2.05) is 0 Å². The van der Waals surface area contributed by atoms with Crippen LogP contribution in [0.2, 0.25) is 0 Å². The Kier molecular flexibility index (Phi) is 4.10. The van der Waals surface area contributed by atoms with Crippen molar-refractivity contribution in [2.75, 3.05) is 19.8 Å². The van der Waals surface area contributed by atoms with Gasteiger partial charge in [0.1, 0.15) is 5.82 Å². The molecule has 2 heterocycles. The Morgan fingerprint density at radius 3 is 2.96 bits per heavy atom. The minimum Gasteiger partial charge on any atom is -0.381 e. The van der Waals surface area contributed by atoms with Crippen LogP contribution in [0, 0.1) is 11.7 Å². The Morgan fingerprint density at radius 1 is 1.26 bits per heavy atom. The fourth-order valence-electron chi connectivity index (χ4n) is 2.69. The summed E-state index contributed by atoms with van der Waals surface area (Å²) in [6.45, 7) is 2.33. The van der Waals surface area contributed by atoms with Crippen LogP contribution in [-0.4, -0.2) is 30.0 Å². The van der Waals surface area contributed by atoms with Crippen LogP contribution >= 0.6 is 0 Å². The summed E-state index contributed by atoms with van der Waals surface area (Å²) >= 11 is 0. The average Bonchev–Trinajstić information content (AvgIpc) is 3.05.